The molecule has 6 nitrogen and oxygen atoms in total. The van der Waals surface area contributed by atoms with Gasteiger partial charge in [-0.1, -0.05) is 12.1 Å². The fourth-order valence-electron chi connectivity index (χ4n) is 1.99. The number of rotatable bonds is 7. The molecule has 1 aromatic rings. The van der Waals surface area contributed by atoms with Crippen LogP contribution >= 0.6 is 0 Å². The number of carbonyl (C=O) groups excluding carboxylic acids is 2. The molecule has 0 spiro atoms. The van der Waals surface area contributed by atoms with Gasteiger partial charge < -0.3 is 14.2 Å². The zero-order valence-corrected chi connectivity index (χ0v) is 12.9. The van der Waals surface area contributed by atoms with Gasteiger partial charge in [-0.05, 0) is 31.5 Å². The van der Waals surface area contributed by atoms with Crippen LogP contribution in [0.4, 0.5) is 0 Å². The van der Waals surface area contributed by atoms with Crippen LogP contribution in [0, 0.1) is 17.2 Å². The SMILES string of the molecule is CCOC(=O)C(C(=O)OCC)[C@@H](C#N)c1ccc(OC)cc1. The summed E-state index contributed by atoms with van der Waals surface area (Å²) in [6.07, 6.45) is 0. The van der Waals surface area contributed by atoms with Gasteiger partial charge in [0.25, 0.3) is 0 Å². The van der Waals surface area contributed by atoms with Gasteiger partial charge in [0.2, 0.25) is 0 Å². The predicted molar refractivity (Wildman–Crippen MR) is 78.1 cm³/mol. The van der Waals surface area contributed by atoms with Crippen molar-refractivity contribution in [1.29, 1.82) is 5.26 Å². The van der Waals surface area contributed by atoms with Gasteiger partial charge in [-0.25, -0.2) is 0 Å². The van der Waals surface area contributed by atoms with Crippen LogP contribution < -0.4 is 4.74 Å². The lowest BCUT2D eigenvalue weighted by molar-refractivity contribution is -0.162. The van der Waals surface area contributed by atoms with Crippen molar-refractivity contribution in [2.24, 2.45) is 5.92 Å². The fourth-order valence-corrected chi connectivity index (χ4v) is 1.99. The number of benzene rings is 1. The molecule has 0 saturated heterocycles. The second-order valence-corrected chi connectivity index (χ2v) is 4.36. The molecule has 0 aliphatic carbocycles. The van der Waals surface area contributed by atoms with Crippen molar-refractivity contribution >= 4 is 11.9 Å². The van der Waals surface area contributed by atoms with E-state index in [1.54, 1.807) is 38.1 Å². The molecule has 22 heavy (non-hydrogen) atoms. The van der Waals surface area contributed by atoms with E-state index in [2.05, 4.69) is 0 Å². The quantitative estimate of drug-likeness (QED) is 0.566. The van der Waals surface area contributed by atoms with Crippen LogP contribution in [-0.2, 0) is 19.1 Å². The molecule has 0 aromatic heterocycles. The molecule has 0 fully saturated rings. The molecule has 0 aliphatic heterocycles. The number of esters is 2. The lowest BCUT2D eigenvalue weighted by Gasteiger charge is -2.19. The Morgan fingerprint density at radius 3 is 1.95 bits per heavy atom. The minimum Gasteiger partial charge on any atom is -0.497 e. The minimum absolute atomic E-state index is 0.121. The largest absolute Gasteiger partial charge is 0.497 e. The highest BCUT2D eigenvalue weighted by molar-refractivity contribution is 5.96. The fraction of sp³-hybridized carbons (Fsp3) is 0.438. The van der Waals surface area contributed by atoms with Crippen LogP contribution in [0.3, 0.4) is 0 Å². The number of hydrogen-bond donors (Lipinski definition) is 0. The van der Waals surface area contributed by atoms with Crippen molar-refractivity contribution in [3.63, 3.8) is 0 Å². The smallest absolute Gasteiger partial charge is 0.322 e. The molecule has 6 heteroatoms. The third kappa shape index (κ3) is 4.22. The molecule has 0 aliphatic rings. The summed E-state index contributed by atoms with van der Waals surface area (Å²) in [5.41, 5.74) is 0.523. The highest BCUT2D eigenvalue weighted by Gasteiger charge is 2.38. The Morgan fingerprint density at radius 1 is 1.09 bits per heavy atom. The maximum absolute atomic E-state index is 12.1. The summed E-state index contributed by atoms with van der Waals surface area (Å²) in [4.78, 5) is 24.1. The van der Waals surface area contributed by atoms with Crippen LogP contribution in [0.1, 0.15) is 25.3 Å². The topological polar surface area (TPSA) is 85.6 Å². The van der Waals surface area contributed by atoms with Crippen molar-refractivity contribution in [2.75, 3.05) is 20.3 Å². The van der Waals surface area contributed by atoms with E-state index in [4.69, 9.17) is 14.2 Å². The number of carbonyl (C=O) groups is 2. The summed E-state index contributed by atoms with van der Waals surface area (Å²) in [6, 6.07) is 8.59. The van der Waals surface area contributed by atoms with Crippen molar-refractivity contribution in [3.8, 4) is 11.8 Å². The van der Waals surface area contributed by atoms with E-state index in [9.17, 15) is 14.9 Å². The van der Waals surface area contributed by atoms with Gasteiger partial charge in [-0.3, -0.25) is 9.59 Å². The van der Waals surface area contributed by atoms with Crippen molar-refractivity contribution in [1.82, 2.24) is 0 Å². The number of nitriles is 1. The Kier molecular flexibility index (Phi) is 6.90. The summed E-state index contributed by atoms with van der Waals surface area (Å²) in [6.45, 7) is 3.51. The van der Waals surface area contributed by atoms with Crippen LogP contribution in [0.5, 0.6) is 5.75 Å². The van der Waals surface area contributed by atoms with Gasteiger partial charge >= 0.3 is 11.9 Å². The minimum atomic E-state index is -1.31. The molecule has 0 heterocycles. The second kappa shape index (κ2) is 8.67. The average Bonchev–Trinajstić information content (AvgIpc) is 2.53. The van der Waals surface area contributed by atoms with Gasteiger partial charge in [0, 0.05) is 0 Å². The van der Waals surface area contributed by atoms with Crippen LogP contribution in [-0.4, -0.2) is 32.3 Å². The third-order valence-electron chi connectivity index (χ3n) is 3.03. The highest BCUT2D eigenvalue weighted by Crippen LogP contribution is 2.28. The Bertz CT molecular complexity index is 529. The van der Waals surface area contributed by atoms with E-state index < -0.39 is 23.8 Å². The molecule has 0 saturated carbocycles. The molecule has 0 unspecified atom stereocenters. The predicted octanol–water partition coefficient (Wildman–Crippen LogP) is 2.04. The molecule has 0 radical (unpaired) electrons. The maximum atomic E-state index is 12.1. The first-order valence-electron chi connectivity index (χ1n) is 6.95. The zero-order chi connectivity index (χ0) is 16.5. The van der Waals surface area contributed by atoms with Crippen LogP contribution in [0.2, 0.25) is 0 Å². The standard InChI is InChI=1S/C16H19NO5/c1-4-21-15(18)14(16(19)22-5-2)13(10-17)11-6-8-12(20-3)9-7-11/h6-9,13-14H,4-5H2,1-3H3/t13-/m0/s1. The molecule has 1 atom stereocenters. The molecular weight excluding hydrogens is 286 g/mol. The second-order valence-electron chi connectivity index (χ2n) is 4.36. The summed E-state index contributed by atoms with van der Waals surface area (Å²) >= 11 is 0. The molecular formula is C16H19NO5. The molecule has 118 valence electrons. The van der Waals surface area contributed by atoms with Crippen molar-refractivity contribution in [3.05, 3.63) is 29.8 Å². The van der Waals surface area contributed by atoms with E-state index in [1.807, 2.05) is 6.07 Å². The Balaban J connectivity index is 3.14. The van der Waals surface area contributed by atoms with Crippen molar-refractivity contribution < 1.29 is 23.8 Å². The monoisotopic (exact) mass is 305 g/mol. The van der Waals surface area contributed by atoms with E-state index in [0.29, 0.717) is 11.3 Å². The van der Waals surface area contributed by atoms with Gasteiger partial charge in [0.05, 0.1) is 32.3 Å². The Labute approximate surface area is 129 Å². The molecule has 0 N–H and O–H groups in total. The first kappa shape index (κ1) is 17.5. The summed E-state index contributed by atoms with van der Waals surface area (Å²) in [5.74, 6) is -3.20. The summed E-state index contributed by atoms with van der Waals surface area (Å²) in [7, 11) is 1.52. The normalized spacial score (nSPS) is 11.4. The number of ether oxygens (including phenoxy) is 3. The Hall–Kier alpha value is -2.55. The van der Waals surface area contributed by atoms with E-state index in [1.165, 1.54) is 7.11 Å². The molecule has 1 rings (SSSR count). The van der Waals surface area contributed by atoms with Gasteiger partial charge in [-0.15, -0.1) is 0 Å². The van der Waals surface area contributed by atoms with E-state index >= 15 is 0 Å². The Morgan fingerprint density at radius 2 is 1.59 bits per heavy atom. The van der Waals surface area contributed by atoms with Crippen LogP contribution in [0.15, 0.2) is 24.3 Å². The first-order chi connectivity index (χ1) is 10.6. The zero-order valence-electron chi connectivity index (χ0n) is 12.9. The van der Waals surface area contributed by atoms with Gasteiger partial charge in [0.1, 0.15) is 5.75 Å². The summed E-state index contributed by atoms with van der Waals surface area (Å²) < 4.78 is 14.9. The van der Waals surface area contributed by atoms with Crippen LogP contribution in [0.25, 0.3) is 0 Å². The van der Waals surface area contributed by atoms with E-state index in [-0.39, 0.29) is 13.2 Å². The lowest BCUT2D eigenvalue weighted by atomic mass is 9.87. The molecule has 0 bridgehead atoms. The van der Waals surface area contributed by atoms with E-state index in [0.717, 1.165) is 0 Å². The number of nitrogens with zero attached hydrogens (tertiary/aromatic N) is 1. The maximum Gasteiger partial charge on any atom is 0.322 e. The number of hydrogen-bond acceptors (Lipinski definition) is 6. The van der Waals surface area contributed by atoms with Gasteiger partial charge in [0.15, 0.2) is 5.92 Å². The average molecular weight is 305 g/mol. The lowest BCUT2D eigenvalue weighted by Crippen LogP contribution is -2.33. The highest BCUT2D eigenvalue weighted by atomic mass is 16.6. The van der Waals surface area contributed by atoms with Crippen molar-refractivity contribution in [2.45, 2.75) is 19.8 Å². The van der Waals surface area contributed by atoms with Gasteiger partial charge in [-0.2, -0.15) is 5.26 Å². The number of methoxy groups -OCH3 is 1. The molecule has 0 amide bonds. The summed E-state index contributed by atoms with van der Waals surface area (Å²) in [5, 5.41) is 9.41. The molecule has 1 aromatic carbocycles. The first-order valence-corrected chi connectivity index (χ1v) is 6.95. The third-order valence-corrected chi connectivity index (χ3v) is 3.03.